The topological polar surface area (TPSA) is 48.0 Å². The Hall–Kier alpha value is -3.20. The number of carbonyl (C=O) groups is 1. The molecule has 0 saturated heterocycles. The Morgan fingerprint density at radius 1 is 1.03 bits per heavy atom. The lowest BCUT2D eigenvalue weighted by atomic mass is 9.91. The molecular formula is C26H23BrF3NO4. The highest BCUT2D eigenvalue weighted by molar-refractivity contribution is 9.10. The van der Waals surface area contributed by atoms with Crippen LogP contribution < -0.4 is 14.2 Å². The molecular weight excluding hydrogens is 527 g/mol. The Morgan fingerprint density at radius 2 is 1.74 bits per heavy atom. The van der Waals surface area contributed by atoms with Crippen molar-refractivity contribution in [2.45, 2.75) is 18.6 Å². The quantitative estimate of drug-likeness (QED) is 0.362. The Bertz CT molecular complexity index is 1230. The van der Waals surface area contributed by atoms with Crippen molar-refractivity contribution in [2.75, 3.05) is 27.4 Å². The summed E-state index contributed by atoms with van der Waals surface area (Å²) in [5.41, 5.74) is 1.44. The van der Waals surface area contributed by atoms with Crippen LogP contribution in [0.1, 0.15) is 33.1 Å². The highest BCUT2D eigenvalue weighted by Gasteiger charge is 2.34. The maximum Gasteiger partial charge on any atom is 0.416 e. The van der Waals surface area contributed by atoms with Gasteiger partial charge in [-0.1, -0.05) is 18.2 Å². The number of halogens is 4. The van der Waals surface area contributed by atoms with Crippen molar-refractivity contribution in [3.8, 4) is 17.2 Å². The number of benzene rings is 3. The third kappa shape index (κ3) is 5.24. The number of carbonyl (C=O) groups excluding carboxylic acids is 1. The highest BCUT2D eigenvalue weighted by atomic mass is 79.9. The number of hydrogen-bond donors (Lipinski definition) is 0. The van der Waals surface area contributed by atoms with E-state index in [0.717, 1.165) is 23.3 Å². The molecule has 0 fully saturated rings. The average Bonchev–Trinajstić information content (AvgIpc) is 2.85. The van der Waals surface area contributed by atoms with E-state index in [9.17, 15) is 18.0 Å². The van der Waals surface area contributed by atoms with Gasteiger partial charge in [-0.15, -0.1) is 0 Å². The first-order chi connectivity index (χ1) is 16.7. The minimum atomic E-state index is -4.48. The Balaban J connectivity index is 1.71. The summed E-state index contributed by atoms with van der Waals surface area (Å²) in [6.07, 6.45) is -3.91. The average molecular weight is 550 g/mol. The molecule has 1 aliphatic rings. The van der Waals surface area contributed by atoms with Crippen molar-refractivity contribution >= 4 is 21.8 Å². The largest absolute Gasteiger partial charge is 0.493 e. The molecule has 35 heavy (non-hydrogen) atoms. The van der Waals surface area contributed by atoms with E-state index in [1.54, 1.807) is 36.3 Å². The summed E-state index contributed by atoms with van der Waals surface area (Å²) in [6.45, 7) is 0.360. The number of rotatable bonds is 6. The molecule has 1 heterocycles. The zero-order valence-corrected chi connectivity index (χ0v) is 20.7. The molecule has 0 aromatic heterocycles. The third-order valence-electron chi connectivity index (χ3n) is 5.94. The van der Waals surface area contributed by atoms with E-state index >= 15 is 0 Å². The molecule has 1 amide bonds. The molecule has 0 bridgehead atoms. The first kappa shape index (κ1) is 24.9. The molecule has 184 valence electrons. The van der Waals surface area contributed by atoms with Gasteiger partial charge in [0.15, 0.2) is 11.5 Å². The molecule has 1 atom stereocenters. The molecule has 5 nitrogen and oxygen atoms in total. The molecule has 3 aromatic rings. The van der Waals surface area contributed by atoms with Gasteiger partial charge >= 0.3 is 6.18 Å². The second kappa shape index (κ2) is 10.2. The van der Waals surface area contributed by atoms with Crippen LogP contribution >= 0.6 is 15.9 Å². The molecule has 1 unspecified atom stereocenters. The van der Waals surface area contributed by atoms with Crippen LogP contribution in [0.3, 0.4) is 0 Å². The van der Waals surface area contributed by atoms with E-state index in [0.29, 0.717) is 34.5 Å². The zero-order chi connectivity index (χ0) is 25.2. The number of alkyl halides is 3. The van der Waals surface area contributed by atoms with Crippen molar-refractivity contribution < 1.29 is 32.2 Å². The number of nitrogens with zero attached hydrogens (tertiary/aromatic N) is 1. The predicted molar refractivity (Wildman–Crippen MR) is 128 cm³/mol. The summed E-state index contributed by atoms with van der Waals surface area (Å²) in [6, 6.07) is 14.9. The van der Waals surface area contributed by atoms with Gasteiger partial charge in [0.25, 0.3) is 5.91 Å². The van der Waals surface area contributed by atoms with E-state index in [1.165, 1.54) is 19.2 Å². The molecule has 0 saturated carbocycles. The molecule has 0 N–H and O–H groups in total. The van der Waals surface area contributed by atoms with Gasteiger partial charge in [-0.05, 0) is 75.9 Å². The summed E-state index contributed by atoms with van der Waals surface area (Å²) in [7, 11) is 3.06. The SMILES string of the molecule is COc1cc2c(cc1OC)C(COc1cccc(C(F)(F)F)c1)N(C(=O)c1ccccc1Br)CC2. The van der Waals surface area contributed by atoms with Crippen LogP contribution in [0.4, 0.5) is 13.2 Å². The van der Waals surface area contributed by atoms with Crippen LogP contribution in [0.5, 0.6) is 17.2 Å². The second-order valence-corrected chi connectivity index (χ2v) is 8.84. The number of methoxy groups -OCH3 is 2. The van der Waals surface area contributed by atoms with Crippen molar-refractivity contribution in [1.82, 2.24) is 4.90 Å². The second-order valence-electron chi connectivity index (χ2n) is 7.99. The predicted octanol–water partition coefficient (Wildman–Crippen LogP) is 6.30. The fourth-order valence-corrected chi connectivity index (χ4v) is 4.63. The summed E-state index contributed by atoms with van der Waals surface area (Å²) in [4.78, 5) is 15.2. The van der Waals surface area contributed by atoms with Gasteiger partial charge < -0.3 is 19.1 Å². The van der Waals surface area contributed by atoms with Crippen LogP contribution in [0.15, 0.2) is 65.1 Å². The first-order valence-corrected chi connectivity index (χ1v) is 11.6. The fraction of sp³-hybridized carbons (Fsp3) is 0.269. The maximum absolute atomic E-state index is 13.6. The minimum absolute atomic E-state index is 0.0417. The molecule has 4 rings (SSSR count). The van der Waals surface area contributed by atoms with Crippen LogP contribution in [0.2, 0.25) is 0 Å². The van der Waals surface area contributed by atoms with Gasteiger partial charge in [0.2, 0.25) is 0 Å². The van der Waals surface area contributed by atoms with Gasteiger partial charge in [0.05, 0.1) is 31.4 Å². The lowest BCUT2D eigenvalue weighted by molar-refractivity contribution is -0.137. The smallest absolute Gasteiger partial charge is 0.416 e. The van der Waals surface area contributed by atoms with Crippen LogP contribution in [0.25, 0.3) is 0 Å². The molecule has 0 aliphatic carbocycles. The summed E-state index contributed by atoms with van der Waals surface area (Å²) in [5, 5.41) is 0. The summed E-state index contributed by atoms with van der Waals surface area (Å²) < 4.78 is 56.9. The molecule has 0 spiro atoms. The molecule has 3 aromatic carbocycles. The summed E-state index contributed by atoms with van der Waals surface area (Å²) in [5.74, 6) is 0.913. The Kier molecular flexibility index (Phi) is 7.25. The van der Waals surface area contributed by atoms with E-state index in [2.05, 4.69) is 15.9 Å². The van der Waals surface area contributed by atoms with Gasteiger partial charge in [-0.25, -0.2) is 0 Å². The maximum atomic E-state index is 13.6. The lowest BCUT2D eigenvalue weighted by Gasteiger charge is -2.38. The van der Waals surface area contributed by atoms with E-state index in [4.69, 9.17) is 14.2 Å². The van der Waals surface area contributed by atoms with Gasteiger partial charge in [-0.3, -0.25) is 4.79 Å². The van der Waals surface area contributed by atoms with Crippen molar-refractivity contribution in [3.63, 3.8) is 0 Å². The zero-order valence-electron chi connectivity index (χ0n) is 19.1. The number of hydrogen-bond acceptors (Lipinski definition) is 4. The van der Waals surface area contributed by atoms with Crippen LogP contribution in [-0.4, -0.2) is 38.2 Å². The van der Waals surface area contributed by atoms with Crippen molar-refractivity contribution in [3.05, 3.63) is 87.4 Å². The van der Waals surface area contributed by atoms with E-state index < -0.39 is 17.8 Å². The van der Waals surface area contributed by atoms with Crippen LogP contribution in [0, 0.1) is 0 Å². The summed E-state index contributed by atoms with van der Waals surface area (Å²) >= 11 is 3.44. The number of amides is 1. The number of fused-ring (bicyclic) bond motifs is 1. The fourth-order valence-electron chi connectivity index (χ4n) is 4.18. The van der Waals surface area contributed by atoms with Crippen LogP contribution in [-0.2, 0) is 12.6 Å². The van der Waals surface area contributed by atoms with Gasteiger partial charge in [0, 0.05) is 11.0 Å². The third-order valence-corrected chi connectivity index (χ3v) is 6.63. The van der Waals surface area contributed by atoms with Crippen molar-refractivity contribution in [1.29, 1.82) is 0 Å². The normalized spacial score (nSPS) is 15.4. The number of ether oxygens (including phenoxy) is 3. The Morgan fingerprint density at radius 3 is 2.43 bits per heavy atom. The molecule has 1 aliphatic heterocycles. The first-order valence-electron chi connectivity index (χ1n) is 10.8. The molecule has 9 heteroatoms. The van der Waals surface area contributed by atoms with E-state index in [1.807, 2.05) is 12.1 Å². The van der Waals surface area contributed by atoms with Gasteiger partial charge in [0.1, 0.15) is 12.4 Å². The standard InChI is InChI=1S/C26H23BrF3NO4/c1-33-23-12-16-10-11-31(25(32)19-8-3-4-9-21(19)27)22(20(16)14-24(23)34-2)15-35-18-7-5-6-17(13-18)26(28,29)30/h3-9,12-14,22H,10-11,15H2,1-2H3. The Labute approximate surface area is 209 Å². The minimum Gasteiger partial charge on any atom is -0.493 e. The van der Waals surface area contributed by atoms with E-state index in [-0.39, 0.29) is 18.3 Å². The van der Waals surface area contributed by atoms with Gasteiger partial charge in [-0.2, -0.15) is 13.2 Å². The monoisotopic (exact) mass is 549 g/mol. The molecule has 0 radical (unpaired) electrons. The highest BCUT2D eigenvalue weighted by Crippen LogP contribution is 2.39. The lowest BCUT2D eigenvalue weighted by Crippen LogP contribution is -2.42. The van der Waals surface area contributed by atoms with Crippen molar-refractivity contribution in [2.24, 2.45) is 0 Å².